The van der Waals surface area contributed by atoms with Crippen LogP contribution in [0.1, 0.15) is 45.7 Å². The molecule has 6 rings (SSSR count). The van der Waals surface area contributed by atoms with Crippen LogP contribution in [0.2, 0.25) is 0 Å². The van der Waals surface area contributed by atoms with Crippen LogP contribution < -0.4 is 4.74 Å². The number of rotatable bonds is 3. The fourth-order valence-corrected chi connectivity index (χ4v) is 5.39. The summed E-state index contributed by atoms with van der Waals surface area (Å²) in [6.45, 7) is 4.29. The van der Waals surface area contributed by atoms with E-state index in [2.05, 4.69) is 117 Å². The van der Waals surface area contributed by atoms with E-state index in [0.29, 0.717) is 5.92 Å². The molecule has 1 aliphatic carbocycles. The smallest absolute Gasteiger partial charge is 0.157 e. The Bertz CT molecular complexity index is 1270. The number of hydrogen-bond acceptors (Lipinski definition) is 1. The zero-order chi connectivity index (χ0) is 21.7. The van der Waals surface area contributed by atoms with Gasteiger partial charge in [0.15, 0.2) is 5.60 Å². The molecule has 1 saturated carbocycles. The molecular formula is C31H26O. The van der Waals surface area contributed by atoms with E-state index in [9.17, 15) is 0 Å². The highest BCUT2D eigenvalue weighted by Gasteiger charge is 2.58. The lowest BCUT2D eigenvalue weighted by molar-refractivity contribution is 0.0144. The van der Waals surface area contributed by atoms with Crippen molar-refractivity contribution in [3.8, 4) is 5.75 Å². The van der Waals surface area contributed by atoms with Crippen LogP contribution in [0.15, 0.2) is 109 Å². The Morgan fingerprint density at radius 1 is 0.688 bits per heavy atom. The predicted octanol–water partition coefficient (Wildman–Crippen LogP) is 7.58. The fourth-order valence-electron chi connectivity index (χ4n) is 5.39. The highest BCUT2D eigenvalue weighted by molar-refractivity contribution is 5.87. The van der Waals surface area contributed by atoms with Gasteiger partial charge >= 0.3 is 0 Å². The van der Waals surface area contributed by atoms with E-state index in [1.807, 2.05) is 0 Å². The molecule has 4 aromatic carbocycles. The molecule has 1 heteroatoms. The SMILES string of the molecule is Cc1ccc(C(=C2C3CC2(c2ccccc2)Oc2ccccc23)c2ccc(C)cc2)cc1. The van der Waals surface area contributed by atoms with Gasteiger partial charge in [-0.3, -0.25) is 0 Å². The zero-order valence-electron chi connectivity index (χ0n) is 18.5. The maximum Gasteiger partial charge on any atom is 0.157 e. The normalized spacial score (nSPS) is 20.7. The van der Waals surface area contributed by atoms with E-state index >= 15 is 0 Å². The second kappa shape index (κ2) is 7.24. The van der Waals surface area contributed by atoms with Crippen molar-refractivity contribution in [2.75, 3.05) is 0 Å². The minimum absolute atomic E-state index is 0.359. The molecule has 0 N–H and O–H groups in total. The van der Waals surface area contributed by atoms with Crippen molar-refractivity contribution in [1.29, 1.82) is 0 Å². The average molecular weight is 415 g/mol. The molecule has 1 fully saturated rings. The van der Waals surface area contributed by atoms with E-state index in [0.717, 1.165) is 12.2 Å². The summed E-state index contributed by atoms with van der Waals surface area (Å²) in [5, 5.41) is 0. The van der Waals surface area contributed by atoms with Crippen molar-refractivity contribution in [3.05, 3.63) is 142 Å². The van der Waals surface area contributed by atoms with E-state index in [4.69, 9.17) is 4.74 Å². The monoisotopic (exact) mass is 414 g/mol. The van der Waals surface area contributed by atoms with E-state index in [1.165, 1.54) is 44.5 Å². The van der Waals surface area contributed by atoms with Gasteiger partial charge in [0.2, 0.25) is 0 Å². The molecule has 0 amide bonds. The first-order valence-corrected chi connectivity index (χ1v) is 11.4. The summed E-state index contributed by atoms with van der Waals surface area (Å²) in [5.41, 5.74) is 9.85. The average Bonchev–Trinajstić information content (AvgIpc) is 2.83. The summed E-state index contributed by atoms with van der Waals surface area (Å²) in [7, 11) is 0. The topological polar surface area (TPSA) is 9.23 Å². The lowest BCUT2D eigenvalue weighted by atomic mass is 9.56. The Kier molecular flexibility index (Phi) is 4.33. The first-order valence-electron chi connectivity index (χ1n) is 11.4. The number of para-hydroxylation sites is 1. The van der Waals surface area contributed by atoms with Gasteiger partial charge in [0.25, 0.3) is 0 Å². The third kappa shape index (κ3) is 2.85. The first kappa shape index (κ1) is 19.1. The zero-order valence-corrected chi connectivity index (χ0v) is 18.5. The maximum absolute atomic E-state index is 6.90. The van der Waals surface area contributed by atoms with Crippen molar-refractivity contribution in [2.24, 2.45) is 0 Å². The van der Waals surface area contributed by atoms with E-state index in [1.54, 1.807) is 0 Å². The number of hydrogen-bond donors (Lipinski definition) is 0. The molecular weight excluding hydrogens is 388 g/mol. The summed E-state index contributed by atoms with van der Waals surface area (Å²) < 4.78 is 6.90. The summed E-state index contributed by atoms with van der Waals surface area (Å²) >= 11 is 0. The molecule has 0 saturated heterocycles. The highest BCUT2D eigenvalue weighted by atomic mass is 16.5. The van der Waals surface area contributed by atoms with Crippen LogP contribution in [0.3, 0.4) is 0 Å². The highest BCUT2D eigenvalue weighted by Crippen LogP contribution is 2.65. The molecule has 2 unspecified atom stereocenters. The number of benzene rings is 4. The molecule has 156 valence electrons. The summed E-state index contributed by atoms with van der Waals surface area (Å²) in [5.74, 6) is 1.38. The number of fused-ring (bicyclic) bond motifs is 4. The molecule has 0 aromatic heterocycles. The van der Waals surface area contributed by atoms with Crippen molar-refractivity contribution >= 4 is 5.57 Å². The van der Waals surface area contributed by atoms with Crippen LogP contribution in [-0.4, -0.2) is 0 Å². The van der Waals surface area contributed by atoms with Gasteiger partial charge in [-0.05, 0) is 47.8 Å². The summed E-state index contributed by atoms with van der Waals surface area (Å²) in [6, 6.07) is 37.2. The van der Waals surface area contributed by atoms with Crippen LogP contribution in [0.4, 0.5) is 0 Å². The van der Waals surface area contributed by atoms with Crippen LogP contribution in [0.25, 0.3) is 5.57 Å². The van der Waals surface area contributed by atoms with Crippen molar-refractivity contribution in [1.82, 2.24) is 0 Å². The molecule has 1 heterocycles. The van der Waals surface area contributed by atoms with E-state index < -0.39 is 5.60 Å². The molecule has 2 aliphatic rings. The quantitative estimate of drug-likeness (QED) is 0.336. The van der Waals surface area contributed by atoms with Crippen LogP contribution in [0.5, 0.6) is 5.75 Å². The third-order valence-corrected chi connectivity index (χ3v) is 7.04. The molecule has 32 heavy (non-hydrogen) atoms. The Morgan fingerprint density at radius 2 is 1.25 bits per heavy atom. The number of ether oxygens (including phenoxy) is 1. The minimum Gasteiger partial charge on any atom is -0.478 e. The third-order valence-electron chi connectivity index (χ3n) is 7.04. The van der Waals surface area contributed by atoms with Gasteiger partial charge < -0.3 is 4.74 Å². The molecule has 1 aliphatic heterocycles. The standard InChI is InChI=1S/C31H26O/c1-21-12-16-23(17-13-21)29(24-18-14-22(2)15-19-24)30-27-20-31(30,25-8-4-3-5-9-25)32-28-11-7-6-10-26(27)28/h3-19,27H,20H2,1-2H3. The molecule has 4 aromatic rings. The first-order chi connectivity index (χ1) is 15.7. The molecule has 0 spiro atoms. The van der Waals surface area contributed by atoms with E-state index in [-0.39, 0.29) is 0 Å². The van der Waals surface area contributed by atoms with Crippen molar-refractivity contribution < 1.29 is 4.74 Å². The minimum atomic E-state index is -0.425. The largest absolute Gasteiger partial charge is 0.478 e. The lowest BCUT2D eigenvalue weighted by Gasteiger charge is -2.56. The van der Waals surface area contributed by atoms with Gasteiger partial charge in [0.05, 0.1) is 0 Å². The summed E-state index contributed by atoms with van der Waals surface area (Å²) in [4.78, 5) is 0. The Hall–Kier alpha value is -3.58. The lowest BCUT2D eigenvalue weighted by Crippen LogP contribution is -2.52. The fraction of sp³-hybridized carbons (Fsp3) is 0.161. The predicted molar refractivity (Wildman–Crippen MR) is 131 cm³/mol. The Labute approximate surface area is 190 Å². The van der Waals surface area contributed by atoms with Crippen molar-refractivity contribution in [2.45, 2.75) is 31.8 Å². The van der Waals surface area contributed by atoms with Gasteiger partial charge in [-0.1, -0.05) is 108 Å². The van der Waals surface area contributed by atoms with Crippen LogP contribution >= 0.6 is 0 Å². The second-order valence-electron chi connectivity index (χ2n) is 9.11. The summed E-state index contributed by atoms with van der Waals surface area (Å²) in [6.07, 6.45) is 0.977. The molecule has 1 nitrogen and oxygen atoms in total. The van der Waals surface area contributed by atoms with Gasteiger partial charge in [0.1, 0.15) is 5.75 Å². The molecule has 0 radical (unpaired) electrons. The molecule has 2 atom stereocenters. The van der Waals surface area contributed by atoms with Crippen LogP contribution in [0, 0.1) is 13.8 Å². The van der Waals surface area contributed by atoms with Gasteiger partial charge in [0, 0.05) is 17.9 Å². The number of aryl methyl sites for hydroxylation is 2. The Morgan fingerprint density at radius 3 is 1.88 bits per heavy atom. The second-order valence-corrected chi connectivity index (χ2v) is 9.11. The van der Waals surface area contributed by atoms with Crippen molar-refractivity contribution in [3.63, 3.8) is 0 Å². The Balaban J connectivity index is 1.67. The van der Waals surface area contributed by atoms with Gasteiger partial charge in [-0.15, -0.1) is 0 Å². The maximum atomic E-state index is 6.90. The van der Waals surface area contributed by atoms with Gasteiger partial charge in [-0.2, -0.15) is 0 Å². The van der Waals surface area contributed by atoms with Crippen LogP contribution in [-0.2, 0) is 5.60 Å². The molecule has 2 bridgehead atoms. The van der Waals surface area contributed by atoms with Gasteiger partial charge in [-0.25, -0.2) is 0 Å².